The lowest BCUT2D eigenvalue weighted by Gasteiger charge is -2.25. The summed E-state index contributed by atoms with van der Waals surface area (Å²) in [6.07, 6.45) is 2.84. The number of aryl methyl sites for hydroxylation is 1. The fourth-order valence-corrected chi connectivity index (χ4v) is 2.74. The molecule has 0 fully saturated rings. The van der Waals surface area contributed by atoms with Gasteiger partial charge >= 0.3 is 0 Å². The summed E-state index contributed by atoms with van der Waals surface area (Å²) < 4.78 is 0. The zero-order valence-corrected chi connectivity index (χ0v) is 11.2. The Kier molecular flexibility index (Phi) is 3.42. The summed E-state index contributed by atoms with van der Waals surface area (Å²) in [5, 5.41) is 12.5. The summed E-state index contributed by atoms with van der Waals surface area (Å²) >= 11 is 0. The molecule has 0 radical (unpaired) electrons. The number of benzene rings is 2. The maximum atomic E-state index is 12.2. The largest absolute Gasteiger partial charge is 0.508 e. The van der Waals surface area contributed by atoms with Crippen LogP contribution in [0.1, 0.15) is 27.9 Å². The number of nitrogens with one attached hydrogen (secondary N) is 1. The molecule has 0 heterocycles. The van der Waals surface area contributed by atoms with E-state index in [1.54, 1.807) is 18.2 Å². The van der Waals surface area contributed by atoms with Crippen molar-refractivity contribution in [1.82, 2.24) is 5.32 Å². The molecule has 1 amide bonds. The first kappa shape index (κ1) is 12.7. The number of amides is 1. The smallest absolute Gasteiger partial charge is 0.251 e. The van der Waals surface area contributed by atoms with Crippen molar-refractivity contribution >= 4 is 5.91 Å². The quantitative estimate of drug-likeness (QED) is 0.879. The van der Waals surface area contributed by atoms with E-state index in [0.717, 1.165) is 19.3 Å². The molecule has 102 valence electrons. The van der Waals surface area contributed by atoms with Gasteiger partial charge in [0.05, 0.1) is 0 Å². The molecule has 1 atom stereocenters. The van der Waals surface area contributed by atoms with Gasteiger partial charge in [0.25, 0.3) is 5.91 Å². The predicted molar refractivity (Wildman–Crippen MR) is 77.8 cm³/mol. The summed E-state index contributed by atoms with van der Waals surface area (Å²) in [4.78, 5) is 12.2. The lowest BCUT2D eigenvalue weighted by Crippen LogP contribution is -2.38. The standard InChI is InChI=1S/C17H17NO2/c19-16-7-3-6-14(11-16)17(20)18-15-9-8-12-4-1-2-5-13(12)10-15/h1-7,11,15,19H,8-10H2,(H,18,20). The van der Waals surface area contributed by atoms with Gasteiger partial charge in [0, 0.05) is 11.6 Å². The molecule has 1 aliphatic carbocycles. The number of carbonyl (C=O) groups excluding carboxylic acids is 1. The molecule has 0 saturated carbocycles. The van der Waals surface area contributed by atoms with Gasteiger partial charge in [-0.05, 0) is 48.6 Å². The second kappa shape index (κ2) is 5.37. The normalized spacial score (nSPS) is 17.3. The van der Waals surface area contributed by atoms with E-state index in [0.29, 0.717) is 5.56 Å². The van der Waals surface area contributed by atoms with Crippen molar-refractivity contribution < 1.29 is 9.90 Å². The highest BCUT2D eigenvalue weighted by Crippen LogP contribution is 2.21. The summed E-state index contributed by atoms with van der Waals surface area (Å²) in [5.74, 6) is -0.00285. The van der Waals surface area contributed by atoms with Gasteiger partial charge in [-0.25, -0.2) is 0 Å². The fraction of sp³-hybridized carbons (Fsp3) is 0.235. The van der Waals surface area contributed by atoms with Gasteiger partial charge < -0.3 is 10.4 Å². The van der Waals surface area contributed by atoms with Gasteiger partial charge in [0.1, 0.15) is 5.75 Å². The third kappa shape index (κ3) is 2.67. The molecule has 1 unspecified atom stereocenters. The number of hydrogen-bond acceptors (Lipinski definition) is 2. The molecule has 2 aromatic carbocycles. The maximum Gasteiger partial charge on any atom is 0.251 e. The molecule has 0 saturated heterocycles. The highest BCUT2D eigenvalue weighted by molar-refractivity contribution is 5.94. The SMILES string of the molecule is O=C(NC1CCc2ccccc2C1)c1cccc(O)c1. The molecule has 20 heavy (non-hydrogen) atoms. The topological polar surface area (TPSA) is 49.3 Å². The first-order chi connectivity index (χ1) is 9.72. The highest BCUT2D eigenvalue weighted by Gasteiger charge is 2.20. The van der Waals surface area contributed by atoms with Gasteiger partial charge in [-0.1, -0.05) is 30.3 Å². The van der Waals surface area contributed by atoms with Crippen molar-refractivity contribution in [2.45, 2.75) is 25.3 Å². The summed E-state index contributed by atoms with van der Waals surface area (Å²) in [6, 6.07) is 15.0. The van der Waals surface area contributed by atoms with E-state index in [2.05, 4.69) is 23.5 Å². The Labute approximate surface area is 118 Å². The van der Waals surface area contributed by atoms with Crippen LogP contribution < -0.4 is 5.32 Å². The second-order valence-electron chi connectivity index (χ2n) is 5.23. The van der Waals surface area contributed by atoms with Crippen LogP contribution >= 0.6 is 0 Å². The number of fused-ring (bicyclic) bond motifs is 1. The Bertz CT molecular complexity index is 636. The van der Waals surface area contributed by atoms with Gasteiger partial charge in [0.2, 0.25) is 0 Å². The molecular formula is C17H17NO2. The van der Waals surface area contributed by atoms with E-state index >= 15 is 0 Å². The Balaban J connectivity index is 1.69. The van der Waals surface area contributed by atoms with E-state index in [4.69, 9.17) is 0 Å². The molecule has 3 rings (SSSR count). The van der Waals surface area contributed by atoms with E-state index in [1.165, 1.54) is 17.2 Å². The van der Waals surface area contributed by atoms with Crippen LogP contribution in [0.3, 0.4) is 0 Å². The Hall–Kier alpha value is -2.29. The monoisotopic (exact) mass is 267 g/mol. The average Bonchev–Trinajstić information content (AvgIpc) is 2.47. The zero-order valence-electron chi connectivity index (χ0n) is 11.2. The minimum absolute atomic E-state index is 0.117. The number of phenols is 1. The second-order valence-corrected chi connectivity index (χ2v) is 5.23. The molecular weight excluding hydrogens is 250 g/mol. The maximum absolute atomic E-state index is 12.2. The average molecular weight is 267 g/mol. The number of phenolic OH excluding ortho intramolecular Hbond substituents is 1. The third-order valence-corrected chi connectivity index (χ3v) is 3.79. The number of aromatic hydroxyl groups is 1. The van der Waals surface area contributed by atoms with Crippen LogP contribution in [0.5, 0.6) is 5.75 Å². The summed E-state index contributed by atoms with van der Waals surface area (Å²) in [6.45, 7) is 0. The minimum atomic E-state index is -0.120. The molecule has 0 bridgehead atoms. The van der Waals surface area contributed by atoms with Crippen molar-refractivity contribution in [3.8, 4) is 5.75 Å². The van der Waals surface area contributed by atoms with Crippen LogP contribution in [0.4, 0.5) is 0 Å². The summed E-state index contributed by atoms with van der Waals surface area (Å²) in [7, 11) is 0. The van der Waals surface area contributed by atoms with Crippen LogP contribution in [-0.4, -0.2) is 17.1 Å². The van der Waals surface area contributed by atoms with E-state index in [-0.39, 0.29) is 17.7 Å². The van der Waals surface area contributed by atoms with E-state index in [9.17, 15) is 9.90 Å². The van der Waals surface area contributed by atoms with E-state index in [1.807, 2.05) is 6.07 Å². The molecule has 2 N–H and O–H groups in total. The van der Waals surface area contributed by atoms with Crippen molar-refractivity contribution in [2.24, 2.45) is 0 Å². The summed E-state index contributed by atoms with van der Waals surface area (Å²) in [5.41, 5.74) is 3.21. The Morgan fingerprint density at radius 2 is 1.90 bits per heavy atom. The van der Waals surface area contributed by atoms with Crippen LogP contribution in [0.2, 0.25) is 0 Å². The van der Waals surface area contributed by atoms with Gasteiger partial charge in [-0.2, -0.15) is 0 Å². The van der Waals surface area contributed by atoms with Crippen LogP contribution in [0, 0.1) is 0 Å². The number of rotatable bonds is 2. The molecule has 1 aliphatic rings. The molecule has 0 aliphatic heterocycles. The predicted octanol–water partition coefficient (Wildman–Crippen LogP) is 2.68. The van der Waals surface area contributed by atoms with Crippen LogP contribution in [0.25, 0.3) is 0 Å². The Morgan fingerprint density at radius 1 is 1.10 bits per heavy atom. The minimum Gasteiger partial charge on any atom is -0.508 e. The van der Waals surface area contributed by atoms with Crippen molar-refractivity contribution in [1.29, 1.82) is 0 Å². The number of hydrogen-bond donors (Lipinski definition) is 2. The lowest BCUT2D eigenvalue weighted by molar-refractivity contribution is 0.0933. The van der Waals surface area contributed by atoms with Crippen LogP contribution in [0.15, 0.2) is 48.5 Å². The fourth-order valence-electron chi connectivity index (χ4n) is 2.74. The van der Waals surface area contributed by atoms with Crippen molar-refractivity contribution in [2.75, 3.05) is 0 Å². The van der Waals surface area contributed by atoms with Crippen molar-refractivity contribution in [3.05, 3.63) is 65.2 Å². The first-order valence-electron chi connectivity index (χ1n) is 6.89. The van der Waals surface area contributed by atoms with Crippen LogP contribution in [-0.2, 0) is 12.8 Å². The molecule has 2 aromatic rings. The molecule has 0 aromatic heterocycles. The first-order valence-corrected chi connectivity index (χ1v) is 6.89. The lowest BCUT2D eigenvalue weighted by atomic mass is 9.88. The van der Waals surface area contributed by atoms with Gasteiger partial charge in [0.15, 0.2) is 0 Å². The van der Waals surface area contributed by atoms with Gasteiger partial charge in [-0.3, -0.25) is 4.79 Å². The highest BCUT2D eigenvalue weighted by atomic mass is 16.3. The number of carbonyl (C=O) groups is 1. The molecule has 0 spiro atoms. The van der Waals surface area contributed by atoms with Gasteiger partial charge in [-0.15, -0.1) is 0 Å². The molecule has 3 nitrogen and oxygen atoms in total. The molecule has 3 heteroatoms. The third-order valence-electron chi connectivity index (χ3n) is 3.79. The Morgan fingerprint density at radius 3 is 2.70 bits per heavy atom. The van der Waals surface area contributed by atoms with Crippen molar-refractivity contribution in [3.63, 3.8) is 0 Å². The van der Waals surface area contributed by atoms with E-state index < -0.39 is 0 Å². The zero-order chi connectivity index (χ0) is 13.9.